The summed E-state index contributed by atoms with van der Waals surface area (Å²) in [6.45, 7) is 0.156. The Labute approximate surface area is 183 Å². The second kappa shape index (κ2) is 8.84. The number of hydrogen-bond acceptors (Lipinski definition) is 6. The number of fused-ring (bicyclic) bond motifs is 1. The predicted octanol–water partition coefficient (Wildman–Crippen LogP) is 1.72. The molecule has 2 heterocycles. The summed E-state index contributed by atoms with van der Waals surface area (Å²) in [7, 11) is 1.30. The highest BCUT2D eigenvalue weighted by Crippen LogP contribution is 2.26. The standard InChI is InChI=1S/C23H20N4O5/c1-32-23(31)15-8-6-14(7-9-15)11-25-20(28)19(10-16-12-24-13-26-16)27-21(29)17-4-2-3-5-18(17)22(27)30/h2-9,12-13,19H,10-11H2,1H3,(H,24,26)(H,25,28). The number of esters is 1. The van der Waals surface area contributed by atoms with Gasteiger partial charge >= 0.3 is 5.97 Å². The lowest BCUT2D eigenvalue weighted by Gasteiger charge is -2.25. The number of carbonyl (C=O) groups excluding carboxylic acids is 4. The van der Waals surface area contributed by atoms with E-state index in [1.165, 1.54) is 13.4 Å². The summed E-state index contributed by atoms with van der Waals surface area (Å²) >= 11 is 0. The molecule has 3 aromatic rings. The van der Waals surface area contributed by atoms with Crippen LogP contribution in [-0.4, -0.2) is 51.7 Å². The normalized spacial score (nSPS) is 13.6. The van der Waals surface area contributed by atoms with E-state index in [0.29, 0.717) is 11.3 Å². The summed E-state index contributed by atoms with van der Waals surface area (Å²) in [5.41, 5.74) is 2.31. The number of H-pyrrole nitrogens is 1. The molecule has 0 aliphatic carbocycles. The molecule has 162 valence electrons. The molecule has 0 spiro atoms. The number of amides is 3. The first kappa shape index (κ1) is 21.0. The van der Waals surface area contributed by atoms with E-state index in [1.54, 1.807) is 54.7 Å². The third-order valence-electron chi connectivity index (χ3n) is 5.25. The molecule has 2 N–H and O–H groups in total. The van der Waals surface area contributed by atoms with E-state index in [9.17, 15) is 19.2 Å². The van der Waals surface area contributed by atoms with Crippen LogP contribution in [0.4, 0.5) is 0 Å². The van der Waals surface area contributed by atoms with Crippen LogP contribution in [0.15, 0.2) is 61.1 Å². The Morgan fingerprint density at radius 3 is 2.28 bits per heavy atom. The molecule has 0 fully saturated rings. The van der Waals surface area contributed by atoms with Gasteiger partial charge in [0.15, 0.2) is 0 Å². The molecule has 0 bridgehead atoms. The summed E-state index contributed by atoms with van der Waals surface area (Å²) in [4.78, 5) is 58.4. The number of imide groups is 1. The third-order valence-corrected chi connectivity index (χ3v) is 5.25. The van der Waals surface area contributed by atoms with Gasteiger partial charge in [0, 0.05) is 24.9 Å². The summed E-state index contributed by atoms with van der Waals surface area (Å²) in [6, 6.07) is 12.0. The number of aromatic nitrogens is 2. The number of carbonyl (C=O) groups is 4. The molecule has 3 amide bonds. The van der Waals surface area contributed by atoms with E-state index >= 15 is 0 Å². The van der Waals surface area contributed by atoms with Crippen molar-refractivity contribution in [2.45, 2.75) is 19.0 Å². The molecule has 9 nitrogen and oxygen atoms in total. The Hall–Kier alpha value is -4.27. The minimum Gasteiger partial charge on any atom is -0.465 e. The van der Waals surface area contributed by atoms with Crippen molar-refractivity contribution in [3.63, 3.8) is 0 Å². The van der Waals surface area contributed by atoms with Gasteiger partial charge in [-0.05, 0) is 29.8 Å². The van der Waals surface area contributed by atoms with Crippen molar-refractivity contribution < 1.29 is 23.9 Å². The number of hydrogen-bond donors (Lipinski definition) is 2. The number of rotatable bonds is 7. The highest BCUT2D eigenvalue weighted by atomic mass is 16.5. The van der Waals surface area contributed by atoms with Gasteiger partial charge in [-0.3, -0.25) is 19.3 Å². The predicted molar refractivity (Wildman–Crippen MR) is 113 cm³/mol. The van der Waals surface area contributed by atoms with Gasteiger partial charge in [-0.25, -0.2) is 9.78 Å². The number of benzene rings is 2. The van der Waals surface area contributed by atoms with Crippen molar-refractivity contribution in [2.24, 2.45) is 0 Å². The molecular formula is C23H20N4O5. The second-order valence-corrected chi connectivity index (χ2v) is 7.23. The van der Waals surface area contributed by atoms with Crippen LogP contribution < -0.4 is 5.32 Å². The molecular weight excluding hydrogens is 412 g/mol. The maximum atomic E-state index is 13.1. The number of aromatic amines is 1. The van der Waals surface area contributed by atoms with E-state index in [-0.39, 0.29) is 24.1 Å². The summed E-state index contributed by atoms with van der Waals surface area (Å²) in [6.07, 6.45) is 3.11. The van der Waals surface area contributed by atoms with Crippen LogP contribution in [0.2, 0.25) is 0 Å². The minimum absolute atomic E-state index is 0.0958. The first-order chi connectivity index (χ1) is 15.5. The molecule has 4 rings (SSSR count). The SMILES string of the molecule is COC(=O)c1ccc(CNC(=O)C(Cc2cnc[nH]2)N2C(=O)c3ccccc3C2=O)cc1. The zero-order chi connectivity index (χ0) is 22.7. The van der Waals surface area contributed by atoms with E-state index in [4.69, 9.17) is 0 Å². The molecule has 9 heteroatoms. The largest absolute Gasteiger partial charge is 0.465 e. The van der Waals surface area contributed by atoms with Crippen LogP contribution in [0.5, 0.6) is 0 Å². The molecule has 1 unspecified atom stereocenters. The van der Waals surface area contributed by atoms with E-state index in [0.717, 1.165) is 10.5 Å². The van der Waals surface area contributed by atoms with Crippen molar-refractivity contribution in [1.82, 2.24) is 20.2 Å². The zero-order valence-corrected chi connectivity index (χ0v) is 17.2. The molecule has 0 radical (unpaired) electrons. The average Bonchev–Trinajstić information content (AvgIpc) is 3.42. The topological polar surface area (TPSA) is 121 Å². The summed E-state index contributed by atoms with van der Waals surface area (Å²) < 4.78 is 4.67. The van der Waals surface area contributed by atoms with E-state index < -0.39 is 29.7 Å². The van der Waals surface area contributed by atoms with Crippen LogP contribution in [0.25, 0.3) is 0 Å². The number of methoxy groups -OCH3 is 1. The van der Waals surface area contributed by atoms with Gasteiger partial charge in [0.2, 0.25) is 5.91 Å². The summed E-state index contributed by atoms with van der Waals surface area (Å²) in [5, 5.41) is 2.78. The van der Waals surface area contributed by atoms with Crippen molar-refractivity contribution in [2.75, 3.05) is 7.11 Å². The van der Waals surface area contributed by atoms with Gasteiger partial charge in [-0.2, -0.15) is 0 Å². The first-order valence-corrected chi connectivity index (χ1v) is 9.88. The van der Waals surface area contributed by atoms with Crippen LogP contribution >= 0.6 is 0 Å². The number of nitrogens with one attached hydrogen (secondary N) is 2. The van der Waals surface area contributed by atoms with Gasteiger partial charge in [0.25, 0.3) is 11.8 Å². The van der Waals surface area contributed by atoms with Crippen LogP contribution in [-0.2, 0) is 22.5 Å². The Kier molecular flexibility index (Phi) is 5.80. The van der Waals surface area contributed by atoms with Crippen LogP contribution in [0.3, 0.4) is 0 Å². The lowest BCUT2D eigenvalue weighted by molar-refractivity contribution is -0.125. The van der Waals surface area contributed by atoms with Gasteiger partial charge in [0.05, 0.1) is 30.1 Å². The smallest absolute Gasteiger partial charge is 0.337 e. The van der Waals surface area contributed by atoms with Gasteiger partial charge in [-0.1, -0.05) is 24.3 Å². The van der Waals surface area contributed by atoms with Crippen LogP contribution in [0, 0.1) is 0 Å². The van der Waals surface area contributed by atoms with E-state index in [2.05, 4.69) is 20.0 Å². The molecule has 1 aromatic heterocycles. The van der Waals surface area contributed by atoms with Gasteiger partial charge in [0.1, 0.15) is 6.04 Å². The molecule has 32 heavy (non-hydrogen) atoms. The van der Waals surface area contributed by atoms with Crippen molar-refractivity contribution in [3.05, 3.63) is 89.0 Å². The Balaban J connectivity index is 1.53. The van der Waals surface area contributed by atoms with Gasteiger partial charge in [-0.15, -0.1) is 0 Å². The monoisotopic (exact) mass is 432 g/mol. The lowest BCUT2D eigenvalue weighted by atomic mass is 10.1. The molecule has 0 saturated heterocycles. The fourth-order valence-electron chi connectivity index (χ4n) is 3.58. The quantitative estimate of drug-likeness (QED) is 0.433. The number of nitrogens with zero attached hydrogens (tertiary/aromatic N) is 2. The molecule has 2 aromatic carbocycles. The molecule has 1 aliphatic rings. The molecule has 1 atom stereocenters. The maximum absolute atomic E-state index is 13.1. The van der Waals surface area contributed by atoms with Gasteiger partial charge < -0.3 is 15.0 Å². The summed E-state index contributed by atoms with van der Waals surface area (Å²) in [5.74, 6) is -1.95. The highest BCUT2D eigenvalue weighted by molar-refractivity contribution is 6.22. The fourth-order valence-corrected chi connectivity index (χ4v) is 3.58. The van der Waals surface area contributed by atoms with Crippen molar-refractivity contribution >= 4 is 23.7 Å². The highest BCUT2D eigenvalue weighted by Gasteiger charge is 2.42. The second-order valence-electron chi connectivity index (χ2n) is 7.23. The average molecular weight is 432 g/mol. The minimum atomic E-state index is -1.06. The molecule has 0 saturated carbocycles. The number of imidazole rings is 1. The third kappa shape index (κ3) is 4.00. The van der Waals surface area contributed by atoms with Crippen LogP contribution in [0.1, 0.15) is 42.3 Å². The fraction of sp³-hybridized carbons (Fsp3) is 0.174. The Morgan fingerprint density at radius 2 is 1.72 bits per heavy atom. The maximum Gasteiger partial charge on any atom is 0.337 e. The Bertz CT molecular complexity index is 1140. The lowest BCUT2D eigenvalue weighted by Crippen LogP contribution is -2.50. The number of ether oxygens (including phenoxy) is 1. The Morgan fingerprint density at radius 1 is 1.06 bits per heavy atom. The van der Waals surface area contributed by atoms with E-state index in [1.807, 2.05) is 0 Å². The van der Waals surface area contributed by atoms with Crippen molar-refractivity contribution in [3.8, 4) is 0 Å². The first-order valence-electron chi connectivity index (χ1n) is 9.88. The molecule has 1 aliphatic heterocycles. The van der Waals surface area contributed by atoms with Crippen molar-refractivity contribution in [1.29, 1.82) is 0 Å². The zero-order valence-electron chi connectivity index (χ0n) is 17.2.